The van der Waals surface area contributed by atoms with E-state index in [1.54, 1.807) is 0 Å². The molecule has 0 aromatic heterocycles. The molecule has 0 aromatic carbocycles. The minimum absolute atomic E-state index is 0.427. The van der Waals surface area contributed by atoms with Crippen LogP contribution in [0.25, 0.3) is 0 Å². The molecule has 2 heterocycles. The second-order valence-corrected chi connectivity index (χ2v) is 19.0. The molecule has 0 amide bonds. The van der Waals surface area contributed by atoms with Crippen LogP contribution in [0.4, 0.5) is 0 Å². The van der Waals surface area contributed by atoms with Gasteiger partial charge < -0.3 is 94.8 Å². The highest BCUT2D eigenvalue weighted by molar-refractivity contribution is 5.87. The number of hydrogen-bond acceptors (Lipinski definition) is 26. The lowest BCUT2D eigenvalue weighted by Gasteiger charge is -2.46. The molecule has 27 nitrogen and oxygen atoms in total. The second-order valence-electron chi connectivity index (χ2n) is 19.0. The average Bonchev–Trinajstić information content (AvgIpc) is 3.32. The Bertz CT molecular complexity index is 1880. The largest absolute Gasteiger partial charge is 0.478 e. The van der Waals surface area contributed by atoms with Crippen molar-refractivity contribution in [2.24, 2.45) is 47.3 Å². The number of carbonyl (C=O) groups is 7. The maximum Gasteiger partial charge on any atom is 0.345 e. The van der Waals surface area contributed by atoms with Gasteiger partial charge in [0.15, 0.2) is 0 Å². The zero-order chi connectivity index (χ0) is 51.1. The maximum atomic E-state index is 14.6. The van der Waals surface area contributed by atoms with Crippen molar-refractivity contribution in [2.45, 2.75) is 163 Å². The number of esters is 6. The molecule has 69 heavy (non-hydrogen) atoms. The molecule has 6 rings (SSSR count). The van der Waals surface area contributed by atoms with Gasteiger partial charge in [0, 0.05) is 11.8 Å². The number of hydrogen-bond donors (Lipinski definition) is 13. The quantitative estimate of drug-likeness (QED) is 0.0491. The zero-order valence-corrected chi connectivity index (χ0v) is 37.2. The third-order valence-electron chi connectivity index (χ3n) is 14.2. The summed E-state index contributed by atoms with van der Waals surface area (Å²) in [5.41, 5.74) is 0. The third-order valence-corrected chi connectivity index (χ3v) is 14.2. The molecule has 6 fully saturated rings. The molecule has 390 valence electrons. The van der Waals surface area contributed by atoms with Gasteiger partial charge in [-0.25, -0.2) is 4.79 Å². The van der Waals surface area contributed by atoms with Crippen molar-refractivity contribution in [2.75, 3.05) is 6.61 Å². The average molecular weight is 997 g/mol. The fourth-order valence-electron chi connectivity index (χ4n) is 10.3. The molecule has 6 aliphatic rings. The molecule has 18 unspecified atom stereocenters. The van der Waals surface area contributed by atoms with Crippen LogP contribution in [0.3, 0.4) is 0 Å². The molecule has 13 N–H and O–H groups in total. The lowest BCUT2D eigenvalue weighted by molar-refractivity contribution is -0.377. The van der Waals surface area contributed by atoms with Gasteiger partial charge in [0.05, 0.1) is 90.8 Å². The fraction of sp³-hybridized carbons (Fsp3) is 0.833. The first-order valence-corrected chi connectivity index (χ1v) is 22.5. The van der Waals surface area contributed by atoms with Gasteiger partial charge in [-0.3, -0.25) is 33.5 Å². The highest BCUT2D eigenvalue weighted by atomic mass is 16.8. The van der Waals surface area contributed by atoms with E-state index >= 15 is 0 Å². The number of aliphatic hydroxyl groups excluding tert-OH is 12. The number of carboxylic acids is 1. The van der Waals surface area contributed by atoms with E-state index in [1.807, 2.05) is 0 Å². The smallest absolute Gasteiger partial charge is 0.345 e. The van der Waals surface area contributed by atoms with Gasteiger partial charge in [-0.1, -0.05) is 6.92 Å². The number of ether oxygens (including phenoxy) is 7. The van der Waals surface area contributed by atoms with Gasteiger partial charge in [0.25, 0.3) is 5.79 Å². The predicted molar refractivity (Wildman–Crippen MR) is 213 cm³/mol. The van der Waals surface area contributed by atoms with Crippen LogP contribution in [0, 0.1) is 47.3 Å². The van der Waals surface area contributed by atoms with Crippen molar-refractivity contribution in [1.82, 2.24) is 0 Å². The molecule has 18 atom stereocenters. The van der Waals surface area contributed by atoms with Crippen LogP contribution in [0.2, 0.25) is 0 Å². The second kappa shape index (κ2) is 21.6. The van der Waals surface area contributed by atoms with Gasteiger partial charge in [0.2, 0.25) is 12.4 Å². The Kier molecular flexibility index (Phi) is 17.0. The number of rotatable bonds is 12. The van der Waals surface area contributed by atoms with Crippen LogP contribution in [0.5, 0.6) is 0 Å². The van der Waals surface area contributed by atoms with Crippen molar-refractivity contribution in [3.05, 3.63) is 0 Å². The van der Waals surface area contributed by atoms with Gasteiger partial charge in [-0.2, -0.15) is 0 Å². The molecule has 2 saturated heterocycles. The van der Waals surface area contributed by atoms with Crippen molar-refractivity contribution >= 4 is 41.8 Å². The summed E-state index contributed by atoms with van der Waals surface area (Å²) in [6, 6.07) is 0. The summed E-state index contributed by atoms with van der Waals surface area (Å²) < 4.78 is 39.7. The summed E-state index contributed by atoms with van der Waals surface area (Å²) in [4.78, 5) is 96.4. The van der Waals surface area contributed by atoms with E-state index in [9.17, 15) is 99.9 Å². The number of carboxylic acid groups (broad SMARTS) is 1. The van der Waals surface area contributed by atoms with E-state index in [2.05, 4.69) is 0 Å². The summed E-state index contributed by atoms with van der Waals surface area (Å²) >= 11 is 0. The Labute approximate surface area is 391 Å². The molecule has 0 spiro atoms. The van der Waals surface area contributed by atoms with E-state index in [1.165, 1.54) is 0 Å². The van der Waals surface area contributed by atoms with Crippen molar-refractivity contribution in [3.8, 4) is 0 Å². The summed E-state index contributed by atoms with van der Waals surface area (Å²) in [6.07, 6.45) is -33.2. The van der Waals surface area contributed by atoms with E-state index < -0.39 is 245 Å². The molecule has 0 radical (unpaired) electrons. The summed E-state index contributed by atoms with van der Waals surface area (Å²) in [5.74, 6) is -27.3. The zero-order valence-electron chi connectivity index (χ0n) is 37.2. The molecule has 27 heteroatoms. The topological polar surface area (TPSA) is 447 Å². The van der Waals surface area contributed by atoms with E-state index in [-0.39, 0.29) is 0 Å². The van der Waals surface area contributed by atoms with Crippen LogP contribution in [0.15, 0.2) is 0 Å². The predicted octanol–water partition coefficient (Wildman–Crippen LogP) is -6.43. The van der Waals surface area contributed by atoms with Crippen LogP contribution in [-0.2, 0) is 66.7 Å². The van der Waals surface area contributed by atoms with Crippen LogP contribution in [0.1, 0.15) is 65.2 Å². The minimum atomic E-state index is -3.31. The SMILES string of the molecule is CC(OC(=O)C1CC(O)C(O)C(O)C1)OC(OC(=O)C1CC(O)C(O)C(O)C1)(C(C)COC(=O)C1CC(O)C(O)C(O)C1)C1OC(=O)C2CC(=O)OC(C(=O)O)C2C2C(CC(O)C(O)C2O)C(=O)O1. The lowest BCUT2D eigenvalue weighted by Crippen LogP contribution is -2.61. The highest BCUT2D eigenvalue weighted by Crippen LogP contribution is 2.48. The van der Waals surface area contributed by atoms with Gasteiger partial charge >= 0.3 is 48.1 Å². The molecule has 0 bridgehead atoms. The monoisotopic (exact) mass is 996 g/mol. The Balaban J connectivity index is 1.47. The first-order valence-electron chi connectivity index (χ1n) is 22.5. The molecule has 0 aromatic rings. The normalized spacial score (nSPS) is 43.4. The Morgan fingerprint density at radius 2 is 1.00 bits per heavy atom. The first kappa shape index (κ1) is 54.1. The summed E-state index contributed by atoms with van der Waals surface area (Å²) in [6.45, 7) is 1.03. The van der Waals surface area contributed by atoms with E-state index in [4.69, 9.17) is 33.2 Å². The fourth-order valence-corrected chi connectivity index (χ4v) is 10.3. The number of aliphatic carboxylic acids is 1. The van der Waals surface area contributed by atoms with Gasteiger partial charge in [-0.05, 0) is 51.9 Å². The third kappa shape index (κ3) is 11.3. The highest BCUT2D eigenvalue weighted by Gasteiger charge is 2.64. The van der Waals surface area contributed by atoms with Crippen molar-refractivity contribution in [1.29, 1.82) is 0 Å². The lowest BCUT2D eigenvalue weighted by atomic mass is 9.62. The Morgan fingerprint density at radius 3 is 1.48 bits per heavy atom. The number of aliphatic hydroxyl groups is 12. The van der Waals surface area contributed by atoms with Crippen LogP contribution >= 0.6 is 0 Å². The number of fused-ring (bicyclic) bond motifs is 3. The number of cyclic esters (lactones) is 3. The molecule has 4 saturated carbocycles. The van der Waals surface area contributed by atoms with Crippen molar-refractivity contribution < 1.29 is 133 Å². The minimum Gasteiger partial charge on any atom is -0.478 e. The Hall–Kier alpha value is -4.23. The van der Waals surface area contributed by atoms with Gasteiger partial charge in [-0.15, -0.1) is 0 Å². The molecule has 4 aliphatic carbocycles. The van der Waals surface area contributed by atoms with Crippen molar-refractivity contribution in [3.63, 3.8) is 0 Å². The molecular weight excluding hydrogens is 936 g/mol. The first-order chi connectivity index (χ1) is 32.3. The van der Waals surface area contributed by atoms with E-state index in [0.717, 1.165) is 13.8 Å². The number of carbonyl (C=O) groups excluding carboxylic acids is 6. The van der Waals surface area contributed by atoms with Crippen LogP contribution in [-0.4, -0.2) is 212 Å². The molecular formula is C42H60O27. The van der Waals surface area contributed by atoms with Crippen LogP contribution < -0.4 is 0 Å². The van der Waals surface area contributed by atoms with E-state index in [0.29, 0.717) is 0 Å². The maximum absolute atomic E-state index is 14.6. The molecule has 2 aliphatic heterocycles. The standard InChI is InChI=1S/C42H60O27/c1-12(11-63-36(58)14-3-19(43)29(51)20(44)4-14)42(69-38(60)16-7-23(47)31(53)24(48)8-16,68-13(2)64-37(59)15-5-21(45)30(52)22(46)6-15)41-66-39(61)17-9-25(49)32(54)33(55)27(17)28-18(40(62)67-41)10-26(50)65-34(28)35(56)57/h12-25,27-34,41,43-49,51-55H,3-11H2,1-2H3,(H,56,57). The summed E-state index contributed by atoms with van der Waals surface area (Å²) in [7, 11) is 0. The van der Waals surface area contributed by atoms with Gasteiger partial charge in [0.1, 0.15) is 31.0 Å². The summed E-state index contributed by atoms with van der Waals surface area (Å²) in [5, 5.41) is 136. The Morgan fingerprint density at radius 1 is 0.565 bits per heavy atom.